The van der Waals surface area contributed by atoms with Crippen molar-refractivity contribution in [2.75, 3.05) is 0 Å². The molecule has 0 saturated carbocycles. The molecule has 4 aromatic rings. The Bertz CT molecular complexity index is 1310. The molecule has 1 N–H and O–H groups in total. The van der Waals surface area contributed by atoms with Crippen molar-refractivity contribution in [2.24, 2.45) is 0 Å². The summed E-state index contributed by atoms with van der Waals surface area (Å²) in [6.45, 7) is 2.54. The summed E-state index contributed by atoms with van der Waals surface area (Å²) >= 11 is 1.52. The zero-order valence-corrected chi connectivity index (χ0v) is 20.1. The van der Waals surface area contributed by atoms with Crippen LogP contribution in [0.5, 0.6) is 0 Å². The Labute approximate surface area is 202 Å². The van der Waals surface area contributed by atoms with Crippen LogP contribution in [0.25, 0.3) is 0 Å². The van der Waals surface area contributed by atoms with Crippen molar-refractivity contribution in [2.45, 2.75) is 41.7 Å². The zero-order chi connectivity index (χ0) is 24.0. The Hall–Kier alpha value is -3.08. The fraction of sp³-hybridized carbons (Fsp3) is 0.208. The third kappa shape index (κ3) is 5.88. The second-order valence-corrected chi connectivity index (χ2v) is 10.2. The van der Waals surface area contributed by atoms with E-state index in [4.69, 9.17) is 0 Å². The van der Waals surface area contributed by atoms with Gasteiger partial charge in [0.25, 0.3) is 0 Å². The van der Waals surface area contributed by atoms with E-state index in [1.54, 1.807) is 12.4 Å². The van der Waals surface area contributed by atoms with E-state index in [1.807, 2.05) is 54.0 Å². The topological polar surface area (TPSA) is 89.8 Å². The van der Waals surface area contributed by atoms with Crippen LogP contribution in [0, 0.1) is 5.82 Å². The first-order valence-electron chi connectivity index (χ1n) is 10.7. The third-order valence-electron chi connectivity index (χ3n) is 5.17. The maximum atomic E-state index is 13.3. The van der Waals surface area contributed by atoms with E-state index in [0.717, 1.165) is 23.3 Å². The van der Waals surface area contributed by atoms with E-state index in [9.17, 15) is 12.8 Å². The fourth-order valence-corrected chi connectivity index (χ4v) is 5.64. The number of nitrogens with one attached hydrogen (secondary N) is 1. The van der Waals surface area contributed by atoms with Crippen molar-refractivity contribution in [1.29, 1.82) is 0 Å². The van der Waals surface area contributed by atoms with E-state index in [-0.39, 0.29) is 4.90 Å². The van der Waals surface area contributed by atoms with Crippen molar-refractivity contribution in [3.63, 3.8) is 0 Å². The summed E-state index contributed by atoms with van der Waals surface area (Å²) in [7, 11) is -3.93. The number of thioether (sulfide) groups is 1. The number of benzene rings is 2. The van der Waals surface area contributed by atoms with Crippen molar-refractivity contribution in [1.82, 2.24) is 24.5 Å². The number of sulfonamides is 1. The standard InChI is InChI=1S/C24H24FN5O2S2/c1-2-30-23(27-28-24(30)33-17-19-9-6-14-26-16-19)22(15-18-7-4-3-5-8-18)29-34(31,32)21-12-10-20(25)11-13-21/h3-14,16,22,29H,2,15,17H2,1H3/t22-/m1/s1. The van der Waals surface area contributed by atoms with Crippen LogP contribution in [-0.4, -0.2) is 28.2 Å². The molecule has 1 atom stereocenters. The lowest BCUT2D eigenvalue weighted by Gasteiger charge is -2.19. The van der Waals surface area contributed by atoms with Crippen LogP contribution in [0.2, 0.25) is 0 Å². The molecule has 0 radical (unpaired) electrons. The summed E-state index contributed by atoms with van der Waals surface area (Å²) in [5.41, 5.74) is 2.00. The van der Waals surface area contributed by atoms with Crippen LogP contribution in [0.4, 0.5) is 4.39 Å². The molecular formula is C24H24FN5O2S2. The molecule has 34 heavy (non-hydrogen) atoms. The molecule has 2 heterocycles. The third-order valence-corrected chi connectivity index (χ3v) is 7.69. The molecule has 10 heteroatoms. The molecule has 0 aliphatic heterocycles. The minimum absolute atomic E-state index is 0.0132. The zero-order valence-electron chi connectivity index (χ0n) is 18.5. The Morgan fingerprint density at radius 2 is 1.74 bits per heavy atom. The molecule has 0 amide bonds. The maximum absolute atomic E-state index is 13.3. The Morgan fingerprint density at radius 3 is 2.41 bits per heavy atom. The molecule has 2 aromatic carbocycles. The first-order chi connectivity index (χ1) is 16.5. The van der Waals surface area contributed by atoms with Crippen LogP contribution >= 0.6 is 11.8 Å². The molecule has 0 bridgehead atoms. The van der Waals surface area contributed by atoms with Crippen molar-refractivity contribution in [3.05, 3.63) is 102 Å². The molecule has 0 saturated heterocycles. The molecule has 4 rings (SSSR count). The van der Waals surface area contributed by atoms with Gasteiger partial charge < -0.3 is 4.57 Å². The number of hydrogen-bond acceptors (Lipinski definition) is 6. The maximum Gasteiger partial charge on any atom is 0.241 e. The van der Waals surface area contributed by atoms with Crippen LogP contribution < -0.4 is 4.72 Å². The van der Waals surface area contributed by atoms with Gasteiger partial charge in [0, 0.05) is 24.7 Å². The molecule has 7 nitrogen and oxygen atoms in total. The van der Waals surface area contributed by atoms with Gasteiger partial charge in [-0.15, -0.1) is 10.2 Å². The smallest absolute Gasteiger partial charge is 0.241 e. The molecule has 0 aliphatic carbocycles. The highest BCUT2D eigenvalue weighted by Gasteiger charge is 2.27. The van der Waals surface area contributed by atoms with Crippen LogP contribution in [0.1, 0.15) is 29.9 Å². The first-order valence-corrected chi connectivity index (χ1v) is 13.2. The van der Waals surface area contributed by atoms with Gasteiger partial charge in [-0.05, 0) is 54.8 Å². The number of nitrogens with zero attached hydrogens (tertiary/aromatic N) is 4. The first kappa shape index (κ1) is 24.1. The lowest BCUT2D eigenvalue weighted by molar-refractivity contribution is 0.517. The van der Waals surface area contributed by atoms with Crippen molar-refractivity contribution in [3.8, 4) is 0 Å². The number of aromatic nitrogens is 4. The van der Waals surface area contributed by atoms with Gasteiger partial charge in [-0.1, -0.05) is 48.2 Å². The Balaban J connectivity index is 1.64. The Morgan fingerprint density at radius 1 is 1.00 bits per heavy atom. The largest absolute Gasteiger partial charge is 0.305 e. The molecule has 0 unspecified atom stereocenters. The molecule has 0 spiro atoms. The van der Waals surface area contributed by atoms with Gasteiger partial charge in [0.05, 0.1) is 10.9 Å². The van der Waals surface area contributed by atoms with Crippen LogP contribution in [-0.2, 0) is 28.7 Å². The fourth-order valence-electron chi connectivity index (χ4n) is 3.50. The highest BCUT2D eigenvalue weighted by atomic mass is 32.2. The van der Waals surface area contributed by atoms with Crippen LogP contribution in [0.15, 0.2) is 89.2 Å². The average Bonchev–Trinajstić information content (AvgIpc) is 3.27. The van der Waals surface area contributed by atoms with Crippen LogP contribution in [0.3, 0.4) is 0 Å². The quantitative estimate of drug-likeness (QED) is 0.327. The highest BCUT2D eigenvalue weighted by Crippen LogP contribution is 2.27. The Kier molecular flexibility index (Phi) is 7.71. The van der Waals surface area contributed by atoms with Gasteiger partial charge in [0.1, 0.15) is 5.82 Å². The monoisotopic (exact) mass is 497 g/mol. The predicted molar refractivity (Wildman–Crippen MR) is 129 cm³/mol. The molecule has 2 aromatic heterocycles. The lowest BCUT2D eigenvalue weighted by Crippen LogP contribution is -2.32. The highest BCUT2D eigenvalue weighted by molar-refractivity contribution is 7.98. The molecule has 176 valence electrons. The summed E-state index contributed by atoms with van der Waals surface area (Å²) in [4.78, 5) is 4.12. The summed E-state index contributed by atoms with van der Waals surface area (Å²) in [5.74, 6) is 0.683. The number of pyridine rings is 1. The molecule has 0 fully saturated rings. The number of halogens is 1. The van der Waals surface area contributed by atoms with Gasteiger partial charge in [-0.3, -0.25) is 4.98 Å². The summed E-state index contributed by atoms with van der Waals surface area (Å²) in [5, 5.41) is 9.42. The molecular weight excluding hydrogens is 473 g/mol. The van der Waals surface area contributed by atoms with E-state index >= 15 is 0 Å². The van der Waals surface area contributed by atoms with E-state index < -0.39 is 21.9 Å². The van der Waals surface area contributed by atoms with E-state index in [1.165, 1.54) is 23.9 Å². The van der Waals surface area contributed by atoms with E-state index in [0.29, 0.717) is 29.7 Å². The lowest BCUT2D eigenvalue weighted by atomic mass is 10.1. The second-order valence-electron chi connectivity index (χ2n) is 7.55. The summed E-state index contributed by atoms with van der Waals surface area (Å²) in [6.07, 6.45) is 3.91. The average molecular weight is 498 g/mol. The second kappa shape index (κ2) is 10.9. The normalized spacial score (nSPS) is 12.5. The van der Waals surface area contributed by atoms with Crippen molar-refractivity contribution >= 4 is 21.8 Å². The van der Waals surface area contributed by atoms with E-state index in [2.05, 4.69) is 19.9 Å². The van der Waals surface area contributed by atoms with Gasteiger partial charge >= 0.3 is 0 Å². The molecule has 0 aliphatic rings. The van der Waals surface area contributed by atoms with Gasteiger partial charge in [0.15, 0.2) is 11.0 Å². The number of rotatable bonds is 10. The van der Waals surface area contributed by atoms with Gasteiger partial charge in [-0.25, -0.2) is 17.5 Å². The van der Waals surface area contributed by atoms with Gasteiger partial charge in [-0.2, -0.15) is 0 Å². The summed E-state index contributed by atoms with van der Waals surface area (Å²) in [6, 6.07) is 17.5. The number of hydrogen-bond donors (Lipinski definition) is 1. The van der Waals surface area contributed by atoms with Crippen molar-refractivity contribution < 1.29 is 12.8 Å². The SMILES string of the molecule is CCn1c(SCc2cccnc2)nnc1[C@@H](Cc1ccccc1)NS(=O)(=O)c1ccc(F)cc1. The summed E-state index contributed by atoms with van der Waals surface area (Å²) < 4.78 is 44.3. The minimum Gasteiger partial charge on any atom is -0.305 e. The minimum atomic E-state index is -3.93. The van der Waals surface area contributed by atoms with Gasteiger partial charge in [0.2, 0.25) is 10.0 Å². The predicted octanol–water partition coefficient (Wildman–Crippen LogP) is 4.39.